The molecule has 3 heteroatoms. The largest absolute Gasteiger partial charge is 0.351 e. The van der Waals surface area contributed by atoms with E-state index in [4.69, 9.17) is 5.73 Å². The molecule has 1 aromatic carbocycles. The second kappa shape index (κ2) is 6.55. The van der Waals surface area contributed by atoms with Crippen molar-refractivity contribution in [3.05, 3.63) is 35.4 Å². The third kappa shape index (κ3) is 3.57. The zero-order valence-corrected chi connectivity index (χ0v) is 11.6. The van der Waals surface area contributed by atoms with E-state index < -0.39 is 0 Å². The molecule has 0 radical (unpaired) electrons. The number of rotatable bonds is 6. The van der Waals surface area contributed by atoms with Gasteiger partial charge in [0.15, 0.2) is 0 Å². The van der Waals surface area contributed by atoms with Crippen LogP contribution in [-0.4, -0.2) is 11.4 Å². The normalized spacial score (nSPS) is 11.3. The maximum absolute atomic E-state index is 11.4. The molecule has 0 saturated heterocycles. The molecule has 0 saturated carbocycles. The van der Waals surface area contributed by atoms with E-state index in [0.29, 0.717) is 6.54 Å². The fraction of sp³-hybridized carbons (Fsp3) is 0.533. The monoisotopic (exact) mass is 248 g/mol. The summed E-state index contributed by atoms with van der Waals surface area (Å²) in [6, 6.07) is 8.19. The summed E-state index contributed by atoms with van der Waals surface area (Å²) in [6.45, 7) is 6.35. The Balaban J connectivity index is 2.99. The van der Waals surface area contributed by atoms with Crippen LogP contribution in [0.5, 0.6) is 0 Å². The maximum Gasteiger partial charge on any atom is 0.217 e. The number of hydrogen-bond acceptors (Lipinski definition) is 2. The van der Waals surface area contributed by atoms with E-state index in [1.807, 2.05) is 12.1 Å². The molecule has 0 bridgehead atoms. The highest BCUT2D eigenvalue weighted by atomic mass is 16.1. The molecule has 0 aromatic heterocycles. The number of carbonyl (C=O) groups excluding carboxylic acids is 1. The van der Waals surface area contributed by atoms with Crippen molar-refractivity contribution >= 4 is 5.91 Å². The molecule has 0 heterocycles. The van der Waals surface area contributed by atoms with Crippen LogP contribution in [0.25, 0.3) is 0 Å². The van der Waals surface area contributed by atoms with E-state index in [9.17, 15) is 4.79 Å². The van der Waals surface area contributed by atoms with E-state index in [1.165, 1.54) is 5.56 Å². The SMILES string of the molecule is CCC(CC)(Cc1ccccc1CN)NC(C)=O. The van der Waals surface area contributed by atoms with Gasteiger partial charge in [-0.2, -0.15) is 0 Å². The van der Waals surface area contributed by atoms with E-state index in [0.717, 1.165) is 24.8 Å². The molecule has 0 aliphatic rings. The van der Waals surface area contributed by atoms with Gasteiger partial charge in [0.05, 0.1) is 0 Å². The predicted molar refractivity (Wildman–Crippen MR) is 75.2 cm³/mol. The van der Waals surface area contributed by atoms with Crippen LogP contribution < -0.4 is 11.1 Å². The topological polar surface area (TPSA) is 55.1 Å². The van der Waals surface area contributed by atoms with Crippen molar-refractivity contribution in [1.29, 1.82) is 0 Å². The van der Waals surface area contributed by atoms with Crippen LogP contribution in [-0.2, 0) is 17.8 Å². The Bertz CT molecular complexity index is 397. The van der Waals surface area contributed by atoms with Crippen molar-refractivity contribution in [2.24, 2.45) is 5.73 Å². The quantitative estimate of drug-likeness (QED) is 0.812. The van der Waals surface area contributed by atoms with Crippen LogP contribution in [0.1, 0.15) is 44.7 Å². The molecule has 3 nitrogen and oxygen atoms in total. The minimum Gasteiger partial charge on any atom is -0.351 e. The Kier molecular flexibility index (Phi) is 5.35. The molecular weight excluding hydrogens is 224 g/mol. The molecule has 0 atom stereocenters. The lowest BCUT2D eigenvalue weighted by Crippen LogP contribution is -2.48. The number of nitrogens with one attached hydrogen (secondary N) is 1. The predicted octanol–water partition coefficient (Wildman–Crippen LogP) is 2.38. The first-order chi connectivity index (χ1) is 8.56. The van der Waals surface area contributed by atoms with Gasteiger partial charge in [0, 0.05) is 19.0 Å². The lowest BCUT2D eigenvalue weighted by molar-refractivity contribution is -0.121. The van der Waals surface area contributed by atoms with Crippen molar-refractivity contribution in [2.75, 3.05) is 0 Å². The minimum absolute atomic E-state index is 0.0314. The van der Waals surface area contributed by atoms with Crippen molar-refractivity contribution in [2.45, 2.75) is 52.1 Å². The second-order valence-electron chi connectivity index (χ2n) is 4.82. The van der Waals surface area contributed by atoms with Gasteiger partial charge in [-0.3, -0.25) is 4.79 Å². The van der Waals surface area contributed by atoms with Gasteiger partial charge < -0.3 is 11.1 Å². The van der Waals surface area contributed by atoms with Crippen molar-refractivity contribution < 1.29 is 4.79 Å². The van der Waals surface area contributed by atoms with E-state index in [-0.39, 0.29) is 11.4 Å². The summed E-state index contributed by atoms with van der Waals surface area (Å²) in [4.78, 5) is 11.4. The summed E-state index contributed by atoms with van der Waals surface area (Å²) in [7, 11) is 0. The van der Waals surface area contributed by atoms with Crippen LogP contribution in [0.3, 0.4) is 0 Å². The van der Waals surface area contributed by atoms with Crippen molar-refractivity contribution in [3.8, 4) is 0 Å². The minimum atomic E-state index is -0.156. The number of amides is 1. The Morgan fingerprint density at radius 1 is 1.22 bits per heavy atom. The van der Waals surface area contributed by atoms with E-state index >= 15 is 0 Å². The molecule has 0 fully saturated rings. The number of carbonyl (C=O) groups is 1. The van der Waals surface area contributed by atoms with E-state index in [1.54, 1.807) is 6.92 Å². The molecule has 100 valence electrons. The summed E-state index contributed by atoms with van der Waals surface area (Å²) in [5, 5.41) is 3.11. The van der Waals surface area contributed by atoms with Crippen LogP contribution in [0.2, 0.25) is 0 Å². The first-order valence-electron chi connectivity index (χ1n) is 6.62. The highest BCUT2D eigenvalue weighted by Gasteiger charge is 2.27. The third-order valence-corrected chi connectivity index (χ3v) is 3.66. The summed E-state index contributed by atoms with van der Waals surface area (Å²) >= 11 is 0. The maximum atomic E-state index is 11.4. The zero-order valence-electron chi connectivity index (χ0n) is 11.6. The molecule has 3 N–H and O–H groups in total. The molecular formula is C15H24N2O. The second-order valence-corrected chi connectivity index (χ2v) is 4.82. The van der Waals surface area contributed by atoms with Crippen LogP contribution in [0, 0.1) is 0 Å². The van der Waals surface area contributed by atoms with Gasteiger partial charge in [-0.05, 0) is 30.4 Å². The summed E-state index contributed by atoms with van der Waals surface area (Å²) in [5.74, 6) is 0.0314. The zero-order chi connectivity index (χ0) is 13.6. The summed E-state index contributed by atoms with van der Waals surface area (Å²) in [5.41, 5.74) is 8.01. The van der Waals surface area contributed by atoms with Gasteiger partial charge in [-0.15, -0.1) is 0 Å². The van der Waals surface area contributed by atoms with Gasteiger partial charge in [0.1, 0.15) is 0 Å². The molecule has 0 aliphatic heterocycles. The molecule has 18 heavy (non-hydrogen) atoms. The Hall–Kier alpha value is -1.35. The van der Waals surface area contributed by atoms with Gasteiger partial charge in [0.2, 0.25) is 5.91 Å². The van der Waals surface area contributed by atoms with Crippen molar-refractivity contribution in [1.82, 2.24) is 5.32 Å². The Morgan fingerprint density at radius 2 is 1.78 bits per heavy atom. The number of nitrogens with two attached hydrogens (primary N) is 1. The summed E-state index contributed by atoms with van der Waals surface area (Å²) in [6.07, 6.45) is 2.68. The molecule has 1 aromatic rings. The first-order valence-corrected chi connectivity index (χ1v) is 6.62. The van der Waals surface area contributed by atoms with Crippen LogP contribution >= 0.6 is 0 Å². The molecule has 1 amide bonds. The molecule has 0 unspecified atom stereocenters. The standard InChI is InChI=1S/C15H24N2O/c1-4-15(5-2,17-12(3)18)10-13-8-6-7-9-14(13)11-16/h6-9H,4-5,10-11,16H2,1-3H3,(H,17,18). The highest BCUT2D eigenvalue weighted by molar-refractivity contribution is 5.73. The fourth-order valence-corrected chi connectivity index (χ4v) is 2.39. The molecule has 0 spiro atoms. The molecule has 1 rings (SSSR count). The Morgan fingerprint density at radius 3 is 2.22 bits per heavy atom. The van der Waals surface area contributed by atoms with Crippen LogP contribution in [0.15, 0.2) is 24.3 Å². The number of benzene rings is 1. The van der Waals surface area contributed by atoms with Gasteiger partial charge in [-0.25, -0.2) is 0 Å². The van der Waals surface area contributed by atoms with Gasteiger partial charge >= 0.3 is 0 Å². The third-order valence-electron chi connectivity index (χ3n) is 3.66. The van der Waals surface area contributed by atoms with Crippen molar-refractivity contribution in [3.63, 3.8) is 0 Å². The Labute approximate surface area is 110 Å². The van der Waals surface area contributed by atoms with E-state index in [2.05, 4.69) is 31.3 Å². The smallest absolute Gasteiger partial charge is 0.217 e. The average Bonchev–Trinajstić information content (AvgIpc) is 2.38. The number of hydrogen-bond donors (Lipinski definition) is 2. The highest BCUT2D eigenvalue weighted by Crippen LogP contribution is 2.23. The molecule has 0 aliphatic carbocycles. The summed E-state index contributed by atoms with van der Waals surface area (Å²) < 4.78 is 0. The average molecular weight is 248 g/mol. The lowest BCUT2D eigenvalue weighted by Gasteiger charge is -2.33. The fourth-order valence-electron chi connectivity index (χ4n) is 2.39. The first kappa shape index (κ1) is 14.7. The van der Waals surface area contributed by atoms with Gasteiger partial charge in [-0.1, -0.05) is 38.1 Å². The lowest BCUT2D eigenvalue weighted by atomic mass is 9.84. The van der Waals surface area contributed by atoms with Crippen LogP contribution in [0.4, 0.5) is 0 Å². The van der Waals surface area contributed by atoms with Gasteiger partial charge in [0.25, 0.3) is 0 Å².